The number of H-pyrrole nitrogens is 1. The molecule has 7 heteroatoms. The number of fused-ring (bicyclic) bond motifs is 1. The molecular weight excluding hydrogens is 232 g/mol. The van der Waals surface area contributed by atoms with Gasteiger partial charge in [-0.25, -0.2) is 0 Å². The van der Waals surface area contributed by atoms with Crippen molar-refractivity contribution < 1.29 is 4.74 Å². The van der Waals surface area contributed by atoms with E-state index in [9.17, 15) is 0 Å². The highest BCUT2D eigenvalue weighted by atomic mass is 16.5. The Hall–Kier alpha value is -1.89. The fraction of sp³-hybridized carbons (Fsp3) is 0.545. The molecule has 0 aromatic carbocycles. The minimum atomic E-state index is 0.225. The average molecular weight is 250 g/mol. The first kappa shape index (κ1) is 12.6. The number of nitrogens with zero attached hydrogens (tertiary/aromatic N) is 4. The lowest BCUT2D eigenvalue weighted by molar-refractivity contribution is 0.0845. The van der Waals surface area contributed by atoms with Gasteiger partial charge in [0.1, 0.15) is 5.82 Å². The van der Waals surface area contributed by atoms with Gasteiger partial charge in [-0.1, -0.05) is 0 Å². The Labute approximate surface area is 105 Å². The topological polar surface area (TPSA) is 93.0 Å². The summed E-state index contributed by atoms with van der Waals surface area (Å²) in [5.74, 6) is 0.997. The van der Waals surface area contributed by atoms with Crippen molar-refractivity contribution in [3.05, 3.63) is 6.20 Å². The third kappa shape index (κ3) is 2.67. The SMILES string of the molecule is CC(C)OCCN(C)c1nc(N)nc2[nH]ncc12. The van der Waals surface area contributed by atoms with Crippen LogP contribution >= 0.6 is 0 Å². The fourth-order valence-corrected chi connectivity index (χ4v) is 1.66. The second kappa shape index (κ2) is 5.18. The molecular formula is C11H18N6O. The molecule has 98 valence electrons. The number of hydrogen-bond donors (Lipinski definition) is 2. The number of nitrogens with one attached hydrogen (secondary N) is 1. The molecule has 2 aromatic rings. The smallest absolute Gasteiger partial charge is 0.224 e. The molecule has 0 aliphatic rings. The van der Waals surface area contributed by atoms with Gasteiger partial charge >= 0.3 is 0 Å². The van der Waals surface area contributed by atoms with E-state index in [1.807, 2.05) is 25.8 Å². The van der Waals surface area contributed by atoms with Gasteiger partial charge in [-0.2, -0.15) is 15.1 Å². The van der Waals surface area contributed by atoms with Crippen LogP contribution in [0.3, 0.4) is 0 Å². The van der Waals surface area contributed by atoms with Crippen molar-refractivity contribution in [2.45, 2.75) is 20.0 Å². The summed E-state index contributed by atoms with van der Waals surface area (Å²) in [5, 5.41) is 7.60. The highest BCUT2D eigenvalue weighted by Gasteiger charge is 2.12. The molecule has 3 N–H and O–H groups in total. The van der Waals surface area contributed by atoms with Gasteiger partial charge < -0.3 is 15.4 Å². The van der Waals surface area contributed by atoms with E-state index in [0.717, 1.165) is 17.7 Å². The monoisotopic (exact) mass is 250 g/mol. The van der Waals surface area contributed by atoms with Crippen LogP contribution in [0.15, 0.2) is 6.20 Å². The maximum atomic E-state index is 5.67. The fourth-order valence-electron chi connectivity index (χ4n) is 1.66. The molecule has 2 heterocycles. The van der Waals surface area contributed by atoms with Crippen LogP contribution < -0.4 is 10.6 Å². The van der Waals surface area contributed by atoms with Gasteiger partial charge in [-0.3, -0.25) is 5.10 Å². The second-order valence-electron chi connectivity index (χ2n) is 4.38. The van der Waals surface area contributed by atoms with Crippen molar-refractivity contribution >= 4 is 22.8 Å². The normalized spacial score (nSPS) is 11.3. The van der Waals surface area contributed by atoms with Crippen LogP contribution in [0.25, 0.3) is 11.0 Å². The average Bonchev–Trinajstić information content (AvgIpc) is 2.74. The summed E-state index contributed by atoms with van der Waals surface area (Å²) in [7, 11) is 1.94. The predicted molar refractivity (Wildman–Crippen MR) is 70.5 cm³/mol. The minimum absolute atomic E-state index is 0.225. The Bertz CT molecular complexity index is 523. The molecule has 2 rings (SSSR count). The maximum Gasteiger partial charge on any atom is 0.224 e. The van der Waals surface area contributed by atoms with E-state index in [2.05, 4.69) is 20.2 Å². The standard InChI is InChI=1S/C11H18N6O/c1-7(2)18-5-4-17(3)10-8-6-13-16-9(8)14-11(12)15-10/h6-7H,4-5H2,1-3H3,(H3,12,13,14,15,16). The van der Waals surface area contributed by atoms with E-state index < -0.39 is 0 Å². The first-order valence-corrected chi connectivity index (χ1v) is 5.87. The molecule has 0 atom stereocenters. The van der Waals surface area contributed by atoms with Crippen molar-refractivity contribution in [3.63, 3.8) is 0 Å². The van der Waals surface area contributed by atoms with Gasteiger partial charge in [0.15, 0.2) is 5.65 Å². The van der Waals surface area contributed by atoms with Crippen LogP contribution in [-0.4, -0.2) is 46.5 Å². The summed E-state index contributed by atoms with van der Waals surface area (Å²) in [4.78, 5) is 10.3. The van der Waals surface area contributed by atoms with Crippen LogP contribution in [0.2, 0.25) is 0 Å². The molecule has 0 unspecified atom stereocenters. The van der Waals surface area contributed by atoms with E-state index in [0.29, 0.717) is 12.3 Å². The van der Waals surface area contributed by atoms with Gasteiger partial charge in [-0.05, 0) is 13.8 Å². The molecule has 0 fully saturated rings. The third-order valence-corrected chi connectivity index (χ3v) is 2.55. The van der Waals surface area contributed by atoms with E-state index >= 15 is 0 Å². The van der Waals surface area contributed by atoms with Crippen molar-refractivity contribution in [1.82, 2.24) is 20.2 Å². The molecule has 0 saturated carbocycles. The lowest BCUT2D eigenvalue weighted by atomic mass is 10.3. The molecule has 7 nitrogen and oxygen atoms in total. The molecule has 0 saturated heterocycles. The van der Waals surface area contributed by atoms with Gasteiger partial charge in [0.05, 0.1) is 24.3 Å². The summed E-state index contributed by atoms with van der Waals surface area (Å²) in [5.41, 5.74) is 6.32. The minimum Gasteiger partial charge on any atom is -0.377 e. The van der Waals surface area contributed by atoms with Crippen molar-refractivity contribution in [2.24, 2.45) is 0 Å². The van der Waals surface area contributed by atoms with Gasteiger partial charge in [0.25, 0.3) is 0 Å². The van der Waals surface area contributed by atoms with Crippen LogP contribution in [0, 0.1) is 0 Å². The quantitative estimate of drug-likeness (QED) is 0.815. The molecule has 0 aliphatic carbocycles. The Morgan fingerprint density at radius 3 is 2.94 bits per heavy atom. The van der Waals surface area contributed by atoms with E-state index in [4.69, 9.17) is 10.5 Å². The van der Waals surface area contributed by atoms with E-state index in [1.165, 1.54) is 0 Å². The van der Waals surface area contributed by atoms with Gasteiger partial charge in [0, 0.05) is 13.6 Å². The number of anilines is 2. The summed E-state index contributed by atoms with van der Waals surface area (Å²) in [6, 6.07) is 0. The first-order valence-electron chi connectivity index (χ1n) is 5.87. The lowest BCUT2D eigenvalue weighted by Gasteiger charge is -2.19. The first-order chi connectivity index (χ1) is 8.58. The number of nitrogens with two attached hydrogens (primary N) is 1. The number of aromatic nitrogens is 4. The Balaban J connectivity index is 2.16. The molecule has 0 amide bonds. The van der Waals surface area contributed by atoms with Gasteiger partial charge in [0.2, 0.25) is 5.95 Å². The zero-order chi connectivity index (χ0) is 13.1. The van der Waals surface area contributed by atoms with E-state index in [1.54, 1.807) is 6.20 Å². The molecule has 0 aliphatic heterocycles. The number of nitrogen functional groups attached to an aromatic ring is 1. The largest absolute Gasteiger partial charge is 0.377 e. The summed E-state index contributed by atoms with van der Waals surface area (Å²) >= 11 is 0. The van der Waals surface area contributed by atoms with Crippen molar-refractivity contribution in [1.29, 1.82) is 0 Å². The van der Waals surface area contributed by atoms with Crippen LogP contribution in [0.4, 0.5) is 11.8 Å². The van der Waals surface area contributed by atoms with Crippen molar-refractivity contribution in [3.8, 4) is 0 Å². The summed E-state index contributed by atoms with van der Waals surface area (Å²) in [6.45, 7) is 5.39. The number of likely N-dealkylation sites (N-methyl/N-ethyl adjacent to an activating group) is 1. The Morgan fingerprint density at radius 2 is 2.22 bits per heavy atom. The Kier molecular flexibility index (Phi) is 3.61. The van der Waals surface area contributed by atoms with Crippen LogP contribution in [-0.2, 0) is 4.74 Å². The molecule has 0 spiro atoms. The lowest BCUT2D eigenvalue weighted by Crippen LogP contribution is -2.25. The second-order valence-corrected chi connectivity index (χ2v) is 4.38. The van der Waals surface area contributed by atoms with E-state index in [-0.39, 0.29) is 12.1 Å². The van der Waals surface area contributed by atoms with Crippen LogP contribution in [0.1, 0.15) is 13.8 Å². The van der Waals surface area contributed by atoms with Crippen LogP contribution in [0.5, 0.6) is 0 Å². The molecule has 0 radical (unpaired) electrons. The predicted octanol–water partition coefficient (Wildman–Crippen LogP) is 0.796. The Morgan fingerprint density at radius 1 is 1.44 bits per heavy atom. The molecule has 2 aromatic heterocycles. The maximum absolute atomic E-state index is 5.67. The number of rotatable bonds is 5. The zero-order valence-electron chi connectivity index (χ0n) is 10.8. The highest BCUT2D eigenvalue weighted by Crippen LogP contribution is 2.21. The number of hydrogen-bond acceptors (Lipinski definition) is 6. The van der Waals surface area contributed by atoms with Gasteiger partial charge in [-0.15, -0.1) is 0 Å². The number of ether oxygens (including phenoxy) is 1. The van der Waals surface area contributed by atoms with Crippen molar-refractivity contribution in [2.75, 3.05) is 30.8 Å². The molecule has 18 heavy (non-hydrogen) atoms. The third-order valence-electron chi connectivity index (χ3n) is 2.55. The highest BCUT2D eigenvalue weighted by molar-refractivity contribution is 5.87. The summed E-state index contributed by atoms with van der Waals surface area (Å²) in [6.07, 6.45) is 1.92. The number of aromatic amines is 1. The summed E-state index contributed by atoms with van der Waals surface area (Å²) < 4.78 is 5.52. The molecule has 0 bridgehead atoms. The zero-order valence-corrected chi connectivity index (χ0v) is 10.8.